The van der Waals surface area contributed by atoms with E-state index in [1.165, 1.54) is 6.92 Å². The van der Waals surface area contributed by atoms with Crippen LogP contribution in [0.15, 0.2) is 48.5 Å². The Morgan fingerprint density at radius 3 is 2.11 bits per heavy atom. The number of carbonyl (C=O) groups excluding carboxylic acids is 1. The molecule has 144 valence electrons. The number of hydrogen-bond acceptors (Lipinski definition) is 3. The largest absolute Gasteiger partial charge is 0.449 e. The summed E-state index contributed by atoms with van der Waals surface area (Å²) in [4.78, 5) is 12.0. The molecule has 0 heterocycles. The molecule has 7 heteroatoms. The molecule has 1 aliphatic carbocycles. The van der Waals surface area contributed by atoms with Crippen LogP contribution in [-0.2, 0) is 4.74 Å². The summed E-state index contributed by atoms with van der Waals surface area (Å²) in [6, 6.07) is 14.1. The molecule has 1 aliphatic rings. The maximum atomic E-state index is 12.7. The van der Waals surface area contributed by atoms with Crippen molar-refractivity contribution >= 4 is 6.09 Å². The first kappa shape index (κ1) is 19.2. The Bertz CT molecular complexity index is 777. The number of ether oxygens (including phenoxy) is 1. The molecule has 0 aromatic heterocycles. The van der Waals surface area contributed by atoms with E-state index in [9.17, 15) is 23.1 Å². The fraction of sp³-hybridized carbons (Fsp3) is 0.350. The summed E-state index contributed by atoms with van der Waals surface area (Å²) >= 11 is 0. The highest BCUT2D eigenvalue weighted by molar-refractivity contribution is 5.79. The van der Waals surface area contributed by atoms with Crippen molar-refractivity contribution in [1.29, 1.82) is 0 Å². The van der Waals surface area contributed by atoms with Crippen molar-refractivity contribution in [2.24, 2.45) is 0 Å². The number of fused-ring (bicyclic) bond motifs is 3. The Labute approximate surface area is 155 Å². The molecule has 2 aromatic rings. The molecule has 3 rings (SSSR count). The topological polar surface area (TPSA) is 58.6 Å². The molecule has 2 aromatic carbocycles. The van der Waals surface area contributed by atoms with Gasteiger partial charge in [0.2, 0.25) is 0 Å². The van der Waals surface area contributed by atoms with Gasteiger partial charge in [-0.15, -0.1) is 0 Å². The van der Waals surface area contributed by atoms with Gasteiger partial charge in [0.1, 0.15) is 6.61 Å². The number of carbonyl (C=O) groups is 1. The molecule has 4 nitrogen and oxygen atoms in total. The van der Waals surface area contributed by atoms with Crippen molar-refractivity contribution in [3.05, 3.63) is 59.7 Å². The average Bonchev–Trinajstić information content (AvgIpc) is 2.97. The maximum Gasteiger partial charge on any atom is 0.416 e. The van der Waals surface area contributed by atoms with Gasteiger partial charge in [0.25, 0.3) is 0 Å². The summed E-state index contributed by atoms with van der Waals surface area (Å²) in [5, 5.41) is 11.5. The second-order valence-electron chi connectivity index (χ2n) is 6.47. The second-order valence-corrected chi connectivity index (χ2v) is 6.47. The molecule has 2 atom stereocenters. The van der Waals surface area contributed by atoms with Crippen LogP contribution in [0.1, 0.15) is 30.4 Å². The van der Waals surface area contributed by atoms with Crippen LogP contribution in [0.3, 0.4) is 0 Å². The van der Waals surface area contributed by atoms with E-state index in [0.29, 0.717) is 0 Å². The highest BCUT2D eigenvalue weighted by atomic mass is 19.4. The summed E-state index contributed by atoms with van der Waals surface area (Å²) < 4.78 is 43.2. The molecule has 0 aliphatic heterocycles. The smallest absolute Gasteiger partial charge is 0.416 e. The van der Waals surface area contributed by atoms with Crippen molar-refractivity contribution in [1.82, 2.24) is 5.32 Å². The first-order valence-electron chi connectivity index (χ1n) is 8.69. The third-order valence-corrected chi connectivity index (χ3v) is 4.80. The minimum absolute atomic E-state index is 0.00158. The van der Waals surface area contributed by atoms with Crippen LogP contribution in [0, 0.1) is 0 Å². The van der Waals surface area contributed by atoms with Gasteiger partial charge in [-0.3, -0.25) is 0 Å². The first-order chi connectivity index (χ1) is 12.8. The number of nitrogens with one attached hydrogen (secondary N) is 1. The normalized spacial score (nSPS) is 15.6. The lowest BCUT2D eigenvalue weighted by Gasteiger charge is -2.24. The Balaban J connectivity index is 1.69. The maximum absolute atomic E-state index is 12.7. The number of rotatable bonds is 5. The van der Waals surface area contributed by atoms with Crippen LogP contribution in [0.4, 0.5) is 18.0 Å². The molecule has 0 fully saturated rings. The Morgan fingerprint density at radius 2 is 1.63 bits per heavy atom. The van der Waals surface area contributed by atoms with E-state index in [4.69, 9.17) is 4.74 Å². The predicted molar refractivity (Wildman–Crippen MR) is 94.3 cm³/mol. The van der Waals surface area contributed by atoms with E-state index in [-0.39, 0.29) is 18.9 Å². The van der Waals surface area contributed by atoms with Crippen molar-refractivity contribution in [2.75, 3.05) is 6.61 Å². The fourth-order valence-corrected chi connectivity index (χ4v) is 3.42. The number of alkyl halides is 3. The quantitative estimate of drug-likeness (QED) is 0.818. The van der Waals surface area contributed by atoms with Gasteiger partial charge in [-0.2, -0.15) is 13.2 Å². The van der Waals surface area contributed by atoms with E-state index in [2.05, 4.69) is 5.32 Å². The summed E-state index contributed by atoms with van der Waals surface area (Å²) in [6.07, 6.45) is -8.50. The van der Waals surface area contributed by atoms with E-state index >= 15 is 0 Å². The predicted octanol–water partition coefficient (Wildman–Crippen LogP) is 4.23. The zero-order valence-corrected chi connectivity index (χ0v) is 14.7. The molecule has 0 spiro atoms. The number of aliphatic hydroxyl groups is 1. The molecular formula is C20H20F3NO3. The van der Waals surface area contributed by atoms with Crippen LogP contribution >= 0.6 is 0 Å². The standard InChI is InChI=1S/C20H20F3NO3/c1-2-17(18(25)20(21,22)23)24-19(26)27-11-16-14-9-5-3-7-12(14)13-8-4-6-10-15(13)16/h3-10,16-18,25H,2,11H2,1H3,(H,24,26). The first-order valence-corrected chi connectivity index (χ1v) is 8.69. The molecule has 1 amide bonds. The summed E-state index contributed by atoms with van der Waals surface area (Å²) in [5.74, 6) is -0.184. The van der Waals surface area contributed by atoms with Crippen molar-refractivity contribution < 1.29 is 27.8 Å². The van der Waals surface area contributed by atoms with Gasteiger partial charge in [0, 0.05) is 5.92 Å². The highest BCUT2D eigenvalue weighted by Crippen LogP contribution is 2.44. The van der Waals surface area contributed by atoms with Crippen molar-refractivity contribution in [3.8, 4) is 11.1 Å². The molecular weight excluding hydrogens is 359 g/mol. The number of amides is 1. The average molecular weight is 379 g/mol. The van der Waals surface area contributed by atoms with E-state index in [0.717, 1.165) is 22.3 Å². The van der Waals surface area contributed by atoms with Crippen molar-refractivity contribution in [2.45, 2.75) is 37.6 Å². The molecule has 0 saturated heterocycles. The van der Waals surface area contributed by atoms with Gasteiger partial charge in [-0.25, -0.2) is 4.79 Å². The van der Waals surface area contributed by atoms with Gasteiger partial charge in [-0.05, 0) is 28.7 Å². The monoisotopic (exact) mass is 379 g/mol. The Kier molecular flexibility index (Phi) is 5.41. The zero-order chi connectivity index (χ0) is 19.6. The highest BCUT2D eigenvalue weighted by Gasteiger charge is 2.43. The lowest BCUT2D eigenvalue weighted by Crippen LogP contribution is -2.49. The lowest BCUT2D eigenvalue weighted by molar-refractivity contribution is -0.211. The molecule has 2 unspecified atom stereocenters. The number of alkyl carbamates (subject to hydrolysis) is 1. The van der Waals surface area contributed by atoms with Crippen LogP contribution in [0.2, 0.25) is 0 Å². The third kappa shape index (κ3) is 3.93. The van der Waals surface area contributed by atoms with Gasteiger partial charge in [-0.1, -0.05) is 55.5 Å². The lowest BCUT2D eigenvalue weighted by atomic mass is 9.98. The number of aliphatic hydroxyl groups excluding tert-OH is 1. The van der Waals surface area contributed by atoms with Crippen LogP contribution < -0.4 is 5.32 Å². The van der Waals surface area contributed by atoms with E-state index in [1.807, 2.05) is 48.5 Å². The summed E-state index contributed by atoms with van der Waals surface area (Å²) in [5.41, 5.74) is 4.13. The second kappa shape index (κ2) is 7.60. The van der Waals surface area contributed by atoms with Gasteiger partial charge in [0.15, 0.2) is 6.10 Å². The van der Waals surface area contributed by atoms with Crippen LogP contribution in [0.5, 0.6) is 0 Å². The Hall–Kier alpha value is -2.54. The Morgan fingerprint density at radius 1 is 1.11 bits per heavy atom. The summed E-state index contributed by atoms with van der Waals surface area (Å²) in [6.45, 7) is 1.45. The molecule has 0 radical (unpaired) electrons. The molecule has 0 bridgehead atoms. The minimum atomic E-state index is -4.81. The third-order valence-electron chi connectivity index (χ3n) is 4.80. The minimum Gasteiger partial charge on any atom is -0.449 e. The van der Waals surface area contributed by atoms with Crippen LogP contribution in [-0.4, -0.2) is 36.1 Å². The van der Waals surface area contributed by atoms with Gasteiger partial charge < -0.3 is 15.2 Å². The number of benzene rings is 2. The molecule has 0 saturated carbocycles. The van der Waals surface area contributed by atoms with E-state index in [1.54, 1.807) is 0 Å². The fourth-order valence-electron chi connectivity index (χ4n) is 3.42. The van der Waals surface area contributed by atoms with Crippen LogP contribution in [0.25, 0.3) is 11.1 Å². The molecule has 2 N–H and O–H groups in total. The van der Waals surface area contributed by atoms with Gasteiger partial charge >= 0.3 is 12.3 Å². The van der Waals surface area contributed by atoms with Gasteiger partial charge in [0.05, 0.1) is 6.04 Å². The number of hydrogen-bond donors (Lipinski definition) is 2. The molecule has 27 heavy (non-hydrogen) atoms. The number of halogens is 3. The van der Waals surface area contributed by atoms with E-state index < -0.39 is 24.4 Å². The zero-order valence-electron chi connectivity index (χ0n) is 14.7. The van der Waals surface area contributed by atoms with Crippen molar-refractivity contribution in [3.63, 3.8) is 0 Å². The summed E-state index contributed by atoms with van der Waals surface area (Å²) in [7, 11) is 0. The SMILES string of the molecule is CCC(NC(=O)OCC1c2ccccc2-c2ccccc21)C(O)C(F)(F)F.